The molecule has 3 heterocycles. The normalized spacial score (nSPS) is 28.5. The molecule has 92 heavy (non-hydrogen) atoms. The quantitative estimate of drug-likeness (QED) is 0.0199. The molecular formula is C73H121NO18. The van der Waals surface area contributed by atoms with E-state index in [0.29, 0.717) is 12.8 Å². The molecule has 17 atom stereocenters. The Morgan fingerprint density at radius 2 is 0.761 bits per heavy atom. The highest BCUT2D eigenvalue weighted by Crippen LogP contribution is 2.33. The Labute approximate surface area is 550 Å². The summed E-state index contributed by atoms with van der Waals surface area (Å²) in [5.74, 6) is -0.300. The molecule has 3 saturated heterocycles. The van der Waals surface area contributed by atoms with Crippen molar-refractivity contribution in [1.82, 2.24) is 5.32 Å². The van der Waals surface area contributed by atoms with E-state index < -0.39 is 124 Å². The molecule has 12 N–H and O–H groups in total. The smallest absolute Gasteiger partial charge is 0.220 e. The van der Waals surface area contributed by atoms with Crippen molar-refractivity contribution in [2.45, 2.75) is 304 Å². The van der Waals surface area contributed by atoms with Crippen LogP contribution in [0.2, 0.25) is 0 Å². The Morgan fingerprint density at radius 1 is 0.402 bits per heavy atom. The summed E-state index contributed by atoms with van der Waals surface area (Å²) in [6.07, 6.45) is 46.1. The molecule has 0 aliphatic carbocycles. The van der Waals surface area contributed by atoms with Crippen molar-refractivity contribution in [1.29, 1.82) is 0 Å². The highest BCUT2D eigenvalue weighted by atomic mass is 16.8. The standard InChI is InChI=1S/C73H121NO18/c1-3-5-7-9-11-13-15-17-19-20-21-22-23-24-25-26-27-28-29-30-31-32-33-34-35-36-37-39-41-43-45-47-49-51-61(79)74-56(57(78)50-48-46-44-42-40-38-18-16-14-12-10-8-6-4-2)55-87-71-67(85)64(82)69(59(53-76)89-71)92-73-68(86)65(83)70(60(54-77)90-73)91-72-66(84)63(81)62(80)58(52-75)88-72/h5,7,11,13-14,16-17,19,21-22,24-25,27-28,30-31,40,42,48,50,56-60,62-73,75-78,80-86H,3-4,6,8-10,12,15,18,20,23,26,29,32-39,41,43-47,49,51-55H2,1-2H3,(H,74,79)/b7-5-,13-11-,16-14+,19-17-,22-21-,25-24-,28-27-,31-30-,42-40+,50-48+. The second-order valence-electron chi connectivity index (χ2n) is 24.2. The summed E-state index contributed by atoms with van der Waals surface area (Å²) in [7, 11) is 0. The molecule has 1 amide bonds. The highest BCUT2D eigenvalue weighted by Gasteiger charge is 2.53. The molecule has 0 saturated carbocycles. The van der Waals surface area contributed by atoms with Gasteiger partial charge in [-0.25, -0.2) is 0 Å². The Kier molecular flexibility index (Phi) is 47.8. The van der Waals surface area contributed by atoms with E-state index in [2.05, 4.69) is 129 Å². The van der Waals surface area contributed by atoms with Gasteiger partial charge in [0.05, 0.1) is 38.6 Å². The summed E-state index contributed by atoms with van der Waals surface area (Å²) >= 11 is 0. The van der Waals surface area contributed by atoms with Gasteiger partial charge in [-0.1, -0.05) is 212 Å². The molecule has 526 valence electrons. The molecule has 0 radical (unpaired) electrons. The average molecular weight is 1300 g/mol. The van der Waals surface area contributed by atoms with Gasteiger partial charge >= 0.3 is 0 Å². The van der Waals surface area contributed by atoms with E-state index in [9.17, 15) is 61.0 Å². The van der Waals surface area contributed by atoms with Crippen LogP contribution in [-0.2, 0) is 33.2 Å². The zero-order valence-electron chi connectivity index (χ0n) is 55.5. The van der Waals surface area contributed by atoms with Crippen molar-refractivity contribution in [3.05, 3.63) is 122 Å². The third-order valence-corrected chi connectivity index (χ3v) is 16.5. The number of unbranched alkanes of at least 4 members (excludes halogenated alkanes) is 17. The maximum atomic E-state index is 13.4. The minimum atomic E-state index is -1.99. The minimum absolute atomic E-state index is 0.220. The zero-order chi connectivity index (χ0) is 66.8. The number of carbonyl (C=O) groups is 1. The Balaban J connectivity index is 1.39. The maximum absolute atomic E-state index is 13.4. The molecule has 3 rings (SSSR count). The second kappa shape index (κ2) is 53.3. The van der Waals surface area contributed by atoms with Crippen molar-refractivity contribution in [2.75, 3.05) is 26.4 Å². The van der Waals surface area contributed by atoms with Gasteiger partial charge in [-0.05, 0) is 103 Å². The SMILES string of the molecule is CC/C=C\C/C=C\C/C=C\C/C=C\C/C=C\C/C=C\C/C=C\CCCCCCCCCCCCCC(=O)NC(COC1OC(CO)C(OC2OC(CO)C(OC3OC(CO)C(O)C(O)C3O)C(O)C2O)C(O)C1O)C(O)/C=C/CC/C=C/CC/C=C/CCCCCC. The first-order chi connectivity index (χ1) is 44.8. The molecule has 0 aromatic carbocycles. The number of aliphatic hydroxyl groups excluding tert-OH is 11. The fourth-order valence-electron chi connectivity index (χ4n) is 10.8. The Hall–Kier alpha value is -3.81. The van der Waals surface area contributed by atoms with Crippen LogP contribution in [0.5, 0.6) is 0 Å². The summed E-state index contributed by atoms with van der Waals surface area (Å²) < 4.78 is 34.3. The predicted octanol–water partition coefficient (Wildman–Crippen LogP) is 9.21. The fourth-order valence-corrected chi connectivity index (χ4v) is 10.8. The van der Waals surface area contributed by atoms with Crippen LogP contribution in [0.3, 0.4) is 0 Å². The molecule has 19 heteroatoms. The molecule has 17 unspecified atom stereocenters. The van der Waals surface area contributed by atoms with Gasteiger partial charge in [0.15, 0.2) is 18.9 Å². The lowest BCUT2D eigenvalue weighted by Gasteiger charge is -2.48. The molecule has 0 aromatic rings. The first-order valence-corrected chi connectivity index (χ1v) is 34.8. The van der Waals surface area contributed by atoms with Crippen LogP contribution in [0.15, 0.2) is 122 Å². The molecule has 0 spiro atoms. The first-order valence-electron chi connectivity index (χ1n) is 34.8. The molecule has 19 nitrogen and oxygen atoms in total. The monoisotopic (exact) mass is 1300 g/mol. The van der Waals surface area contributed by atoms with Gasteiger partial charge in [0.2, 0.25) is 5.91 Å². The molecule has 0 bridgehead atoms. The van der Waals surface area contributed by atoms with Crippen LogP contribution < -0.4 is 5.32 Å². The van der Waals surface area contributed by atoms with Gasteiger partial charge in [0, 0.05) is 6.42 Å². The van der Waals surface area contributed by atoms with Crippen LogP contribution in [0.4, 0.5) is 0 Å². The van der Waals surface area contributed by atoms with Gasteiger partial charge in [0.1, 0.15) is 73.2 Å². The maximum Gasteiger partial charge on any atom is 0.220 e. The summed E-state index contributed by atoms with van der Waals surface area (Å²) in [6, 6.07) is -1.01. The number of carbonyl (C=O) groups excluding carboxylic acids is 1. The number of allylic oxidation sites excluding steroid dienone is 19. The third-order valence-electron chi connectivity index (χ3n) is 16.5. The number of nitrogens with one attached hydrogen (secondary N) is 1. The number of aliphatic hydroxyl groups is 11. The van der Waals surface area contributed by atoms with Crippen LogP contribution in [0.25, 0.3) is 0 Å². The Morgan fingerprint density at radius 3 is 1.22 bits per heavy atom. The zero-order valence-corrected chi connectivity index (χ0v) is 55.5. The lowest BCUT2D eigenvalue weighted by Crippen LogP contribution is -2.66. The van der Waals surface area contributed by atoms with Crippen molar-refractivity contribution in [2.24, 2.45) is 0 Å². The minimum Gasteiger partial charge on any atom is -0.394 e. The van der Waals surface area contributed by atoms with Crippen LogP contribution in [0, 0.1) is 0 Å². The summed E-state index contributed by atoms with van der Waals surface area (Å²) in [4.78, 5) is 13.4. The van der Waals surface area contributed by atoms with Crippen LogP contribution in [0.1, 0.15) is 200 Å². The highest BCUT2D eigenvalue weighted by molar-refractivity contribution is 5.76. The molecule has 0 aromatic heterocycles. The first kappa shape index (κ1) is 82.4. The number of hydrogen-bond donors (Lipinski definition) is 12. The molecular weight excluding hydrogens is 1180 g/mol. The van der Waals surface area contributed by atoms with Crippen molar-refractivity contribution in [3.8, 4) is 0 Å². The van der Waals surface area contributed by atoms with E-state index in [1.165, 1.54) is 64.2 Å². The van der Waals surface area contributed by atoms with E-state index in [0.717, 1.165) is 103 Å². The van der Waals surface area contributed by atoms with E-state index in [-0.39, 0.29) is 18.9 Å². The van der Waals surface area contributed by atoms with Crippen LogP contribution in [-0.4, -0.2) is 193 Å². The number of hydrogen-bond acceptors (Lipinski definition) is 18. The average Bonchev–Trinajstić information content (AvgIpc) is 0.840. The van der Waals surface area contributed by atoms with E-state index in [4.69, 9.17) is 28.4 Å². The summed E-state index contributed by atoms with van der Waals surface area (Å²) in [6.45, 7) is 1.54. The van der Waals surface area contributed by atoms with Gasteiger partial charge in [-0.3, -0.25) is 4.79 Å². The van der Waals surface area contributed by atoms with Crippen LogP contribution >= 0.6 is 0 Å². The lowest BCUT2D eigenvalue weighted by molar-refractivity contribution is -0.379. The fraction of sp³-hybridized carbons (Fsp3) is 0.712. The number of amides is 1. The van der Waals surface area contributed by atoms with Gasteiger partial charge in [-0.2, -0.15) is 0 Å². The largest absolute Gasteiger partial charge is 0.394 e. The summed E-state index contributed by atoms with van der Waals surface area (Å²) in [5, 5.41) is 120. The van der Waals surface area contributed by atoms with Gasteiger partial charge in [0.25, 0.3) is 0 Å². The third kappa shape index (κ3) is 34.7. The van der Waals surface area contributed by atoms with E-state index >= 15 is 0 Å². The number of rotatable bonds is 51. The van der Waals surface area contributed by atoms with Crippen molar-refractivity contribution in [3.63, 3.8) is 0 Å². The Bertz CT molecular complexity index is 2140. The topological polar surface area (TPSA) is 307 Å². The van der Waals surface area contributed by atoms with Crippen molar-refractivity contribution < 1.29 is 89.4 Å². The lowest BCUT2D eigenvalue weighted by atomic mass is 9.96. The van der Waals surface area contributed by atoms with E-state index in [1.54, 1.807) is 6.08 Å². The molecule has 3 aliphatic rings. The summed E-state index contributed by atoms with van der Waals surface area (Å²) in [5.41, 5.74) is 0. The molecule has 3 fully saturated rings. The van der Waals surface area contributed by atoms with Gasteiger partial charge in [-0.15, -0.1) is 0 Å². The number of ether oxygens (including phenoxy) is 6. The van der Waals surface area contributed by atoms with Gasteiger partial charge < -0.3 is 89.9 Å². The van der Waals surface area contributed by atoms with Crippen molar-refractivity contribution >= 4 is 5.91 Å². The van der Waals surface area contributed by atoms with E-state index in [1.807, 2.05) is 6.08 Å². The predicted molar refractivity (Wildman–Crippen MR) is 360 cm³/mol. The second-order valence-corrected chi connectivity index (χ2v) is 24.2. The molecule has 3 aliphatic heterocycles.